The van der Waals surface area contributed by atoms with Crippen LogP contribution in [0.4, 0.5) is 11.4 Å². The van der Waals surface area contributed by atoms with Gasteiger partial charge in [-0.1, -0.05) is 6.07 Å². The molecule has 0 aliphatic carbocycles. The van der Waals surface area contributed by atoms with Crippen molar-refractivity contribution in [3.8, 4) is 5.75 Å². The van der Waals surface area contributed by atoms with Gasteiger partial charge in [-0.2, -0.15) is 8.42 Å². The van der Waals surface area contributed by atoms with Crippen LogP contribution < -0.4 is 5.32 Å². The number of anilines is 1. The Labute approximate surface area is 152 Å². The van der Waals surface area contributed by atoms with Crippen molar-refractivity contribution in [2.45, 2.75) is 4.90 Å². The van der Waals surface area contributed by atoms with Crippen LogP contribution in [-0.4, -0.2) is 28.9 Å². The second kappa shape index (κ2) is 6.67. The number of carbonyl (C=O) groups is 1. The van der Waals surface area contributed by atoms with Crippen LogP contribution >= 0.6 is 0 Å². The minimum absolute atomic E-state index is 0.0745. The topological polar surface area (TPSA) is 147 Å². The zero-order valence-electron chi connectivity index (χ0n) is 13.5. The number of nitro benzene ring substituents is 1. The number of fused-ring (bicyclic) bond motifs is 1. The third kappa shape index (κ3) is 3.71. The van der Waals surface area contributed by atoms with Crippen LogP contribution in [0.5, 0.6) is 5.75 Å². The Kier molecular flexibility index (Phi) is 4.52. The first-order chi connectivity index (χ1) is 12.7. The highest BCUT2D eigenvalue weighted by atomic mass is 32.2. The summed E-state index contributed by atoms with van der Waals surface area (Å²) in [5.74, 6) is -0.876. The van der Waals surface area contributed by atoms with Crippen LogP contribution in [0.3, 0.4) is 0 Å². The molecule has 0 bridgehead atoms. The molecular weight excluding hydrogens is 376 g/mol. The van der Waals surface area contributed by atoms with Crippen molar-refractivity contribution in [1.82, 2.24) is 0 Å². The lowest BCUT2D eigenvalue weighted by atomic mass is 10.1. The number of hydrogen-bond donors (Lipinski definition) is 3. The molecule has 0 atom stereocenters. The summed E-state index contributed by atoms with van der Waals surface area (Å²) >= 11 is 0. The highest BCUT2D eigenvalue weighted by molar-refractivity contribution is 7.85. The number of hydrogen-bond acceptors (Lipinski definition) is 6. The van der Waals surface area contributed by atoms with E-state index in [-0.39, 0.29) is 33.0 Å². The molecule has 0 fully saturated rings. The number of non-ortho nitro benzene ring substituents is 1. The van der Waals surface area contributed by atoms with Gasteiger partial charge in [-0.3, -0.25) is 19.5 Å². The van der Waals surface area contributed by atoms with E-state index < -0.39 is 20.9 Å². The molecule has 0 aromatic heterocycles. The monoisotopic (exact) mass is 388 g/mol. The molecule has 0 aliphatic heterocycles. The molecule has 0 unspecified atom stereocenters. The molecular formula is C17H12N2O7S. The lowest BCUT2D eigenvalue weighted by molar-refractivity contribution is -0.384. The van der Waals surface area contributed by atoms with Gasteiger partial charge in [0.05, 0.1) is 15.5 Å². The summed E-state index contributed by atoms with van der Waals surface area (Å²) in [5, 5.41) is 24.1. The van der Waals surface area contributed by atoms with E-state index in [0.717, 1.165) is 6.07 Å². The second-order valence-corrected chi connectivity index (χ2v) is 7.00. The predicted octanol–water partition coefficient (Wildman–Crippen LogP) is 2.95. The molecule has 10 heteroatoms. The van der Waals surface area contributed by atoms with Gasteiger partial charge in [-0.05, 0) is 41.8 Å². The van der Waals surface area contributed by atoms with E-state index in [1.54, 1.807) is 0 Å². The summed E-state index contributed by atoms with van der Waals surface area (Å²) in [6.45, 7) is 0. The fraction of sp³-hybridized carbons (Fsp3) is 0. The largest absolute Gasteiger partial charge is 0.505 e. The standard InChI is InChI=1S/C17H12N2O7S/c20-16-14-7-6-13(27(24,25)26)9-11(14)3-8-15(16)18-17(21)10-1-4-12(5-2-10)19(22)23/h1-9,20H,(H,18,21)(H,24,25,26). The number of phenolic OH excluding ortho intramolecular Hbond substituents is 1. The normalized spacial score (nSPS) is 11.3. The van der Waals surface area contributed by atoms with Gasteiger partial charge in [0.2, 0.25) is 0 Å². The summed E-state index contributed by atoms with van der Waals surface area (Å²) in [4.78, 5) is 22.0. The number of nitro groups is 1. The number of phenols is 1. The van der Waals surface area contributed by atoms with E-state index in [9.17, 15) is 28.4 Å². The van der Waals surface area contributed by atoms with Gasteiger partial charge in [-0.25, -0.2) is 0 Å². The van der Waals surface area contributed by atoms with Crippen LogP contribution in [-0.2, 0) is 10.1 Å². The van der Waals surface area contributed by atoms with E-state index in [1.807, 2.05) is 0 Å². The molecule has 3 rings (SSSR count). The van der Waals surface area contributed by atoms with E-state index in [2.05, 4.69) is 5.32 Å². The molecule has 27 heavy (non-hydrogen) atoms. The van der Waals surface area contributed by atoms with E-state index in [0.29, 0.717) is 5.39 Å². The average Bonchev–Trinajstić information content (AvgIpc) is 2.63. The molecule has 0 spiro atoms. The van der Waals surface area contributed by atoms with Crippen molar-refractivity contribution in [2.24, 2.45) is 0 Å². The average molecular weight is 388 g/mol. The SMILES string of the molecule is O=C(Nc1ccc2cc(S(=O)(=O)O)ccc2c1O)c1ccc([N+](=O)[O-])cc1. The van der Waals surface area contributed by atoms with Crippen LogP contribution in [0.15, 0.2) is 59.5 Å². The van der Waals surface area contributed by atoms with Crippen molar-refractivity contribution in [1.29, 1.82) is 0 Å². The molecule has 0 saturated heterocycles. The maximum absolute atomic E-state index is 12.3. The van der Waals surface area contributed by atoms with Crippen LogP contribution in [0.2, 0.25) is 0 Å². The van der Waals surface area contributed by atoms with E-state index in [4.69, 9.17) is 4.55 Å². The van der Waals surface area contributed by atoms with Gasteiger partial charge in [0.15, 0.2) is 0 Å². The lowest BCUT2D eigenvalue weighted by Crippen LogP contribution is -2.12. The first-order valence-electron chi connectivity index (χ1n) is 7.46. The molecule has 0 heterocycles. The molecule has 3 aromatic rings. The summed E-state index contributed by atoms with van der Waals surface area (Å²) in [5.41, 5.74) is 0.0713. The Bertz CT molecular complexity index is 1170. The minimum atomic E-state index is -4.38. The zero-order chi connectivity index (χ0) is 19.8. The summed E-state index contributed by atoms with van der Waals surface area (Å²) < 4.78 is 31.5. The quantitative estimate of drug-likeness (QED) is 0.269. The fourth-order valence-electron chi connectivity index (χ4n) is 2.48. The maximum Gasteiger partial charge on any atom is 0.294 e. The second-order valence-electron chi connectivity index (χ2n) is 5.58. The summed E-state index contributed by atoms with van der Waals surface area (Å²) in [6, 6.07) is 11.4. The van der Waals surface area contributed by atoms with Crippen LogP contribution in [0.1, 0.15) is 10.4 Å². The molecule has 3 N–H and O–H groups in total. The Balaban J connectivity index is 1.91. The van der Waals surface area contributed by atoms with Gasteiger partial charge in [0.1, 0.15) is 5.75 Å². The number of aromatic hydroxyl groups is 1. The number of amides is 1. The number of carbonyl (C=O) groups excluding carboxylic acids is 1. The van der Waals surface area contributed by atoms with Crippen LogP contribution in [0, 0.1) is 10.1 Å². The smallest absolute Gasteiger partial charge is 0.294 e. The van der Waals surface area contributed by atoms with Crippen molar-refractivity contribution in [3.63, 3.8) is 0 Å². The van der Waals surface area contributed by atoms with E-state index in [1.165, 1.54) is 48.5 Å². The van der Waals surface area contributed by atoms with Gasteiger partial charge >= 0.3 is 0 Å². The fourth-order valence-corrected chi connectivity index (χ4v) is 3.00. The molecule has 0 radical (unpaired) electrons. The first kappa shape index (κ1) is 18.3. The number of nitrogens with one attached hydrogen (secondary N) is 1. The summed E-state index contributed by atoms with van der Waals surface area (Å²) in [7, 11) is -4.38. The predicted molar refractivity (Wildman–Crippen MR) is 96.5 cm³/mol. The Hall–Kier alpha value is -3.50. The van der Waals surface area contributed by atoms with Crippen molar-refractivity contribution < 1.29 is 27.8 Å². The molecule has 0 aliphatic rings. The third-order valence-corrected chi connectivity index (χ3v) is 4.70. The van der Waals surface area contributed by atoms with Gasteiger partial charge in [-0.15, -0.1) is 0 Å². The third-order valence-electron chi connectivity index (χ3n) is 3.85. The van der Waals surface area contributed by atoms with Crippen LogP contribution in [0.25, 0.3) is 10.8 Å². The maximum atomic E-state index is 12.3. The van der Waals surface area contributed by atoms with Gasteiger partial charge in [0.25, 0.3) is 21.7 Å². The molecule has 138 valence electrons. The van der Waals surface area contributed by atoms with Crippen molar-refractivity contribution in [3.05, 3.63) is 70.3 Å². The summed E-state index contributed by atoms with van der Waals surface area (Å²) in [6.07, 6.45) is 0. The molecule has 9 nitrogen and oxygen atoms in total. The van der Waals surface area contributed by atoms with Gasteiger partial charge in [0, 0.05) is 23.1 Å². The first-order valence-corrected chi connectivity index (χ1v) is 8.90. The highest BCUT2D eigenvalue weighted by Gasteiger charge is 2.15. The minimum Gasteiger partial charge on any atom is -0.505 e. The van der Waals surface area contributed by atoms with Crippen molar-refractivity contribution >= 4 is 38.2 Å². The molecule has 3 aromatic carbocycles. The Morgan fingerprint density at radius 3 is 2.30 bits per heavy atom. The zero-order valence-corrected chi connectivity index (χ0v) is 14.3. The molecule has 1 amide bonds. The number of rotatable bonds is 4. The number of nitrogens with zero attached hydrogens (tertiary/aromatic N) is 1. The van der Waals surface area contributed by atoms with Gasteiger partial charge < -0.3 is 10.4 Å². The molecule has 0 saturated carbocycles. The highest BCUT2D eigenvalue weighted by Crippen LogP contribution is 2.34. The Morgan fingerprint density at radius 2 is 1.70 bits per heavy atom. The number of benzene rings is 3. The lowest BCUT2D eigenvalue weighted by Gasteiger charge is -2.10. The van der Waals surface area contributed by atoms with Crippen molar-refractivity contribution in [2.75, 3.05) is 5.32 Å². The Morgan fingerprint density at radius 1 is 1.04 bits per heavy atom. The van der Waals surface area contributed by atoms with E-state index >= 15 is 0 Å².